The molecule has 7 nitrogen and oxygen atoms in total. The summed E-state index contributed by atoms with van der Waals surface area (Å²) in [5.74, 6) is 1.84. The van der Waals surface area contributed by atoms with Crippen molar-refractivity contribution in [2.24, 2.45) is 0 Å². The minimum absolute atomic E-state index is 0.162. The first-order chi connectivity index (χ1) is 11.2. The minimum atomic E-state index is -0.201. The topological polar surface area (TPSA) is 64.8 Å². The Balaban J connectivity index is 1.65. The summed E-state index contributed by atoms with van der Waals surface area (Å²) in [5, 5.41) is 13.1. The predicted octanol–water partition coefficient (Wildman–Crippen LogP) is 1.46. The number of anilines is 1. The van der Waals surface area contributed by atoms with E-state index in [0.717, 1.165) is 56.2 Å². The maximum absolute atomic E-state index is 6.26. The van der Waals surface area contributed by atoms with Crippen LogP contribution in [0.3, 0.4) is 0 Å². The zero-order valence-corrected chi connectivity index (χ0v) is 13.7. The molecule has 1 spiro atoms. The number of aryl methyl sites for hydroxylation is 1. The lowest BCUT2D eigenvalue weighted by Gasteiger charge is -2.47. The van der Waals surface area contributed by atoms with Crippen molar-refractivity contribution in [1.29, 1.82) is 0 Å². The molecule has 2 fully saturated rings. The van der Waals surface area contributed by atoms with Crippen molar-refractivity contribution in [3.63, 3.8) is 0 Å². The van der Waals surface area contributed by atoms with Crippen molar-refractivity contribution in [2.75, 3.05) is 31.2 Å². The lowest BCUT2D eigenvalue weighted by atomic mass is 9.93. The van der Waals surface area contributed by atoms with Crippen LogP contribution in [0, 0.1) is 0 Å². The Morgan fingerprint density at radius 2 is 2.26 bits per heavy atom. The molecule has 2 aromatic heterocycles. The number of nitrogens with zero attached hydrogens (tertiary/aromatic N) is 5. The largest absolute Gasteiger partial charge is 0.378 e. The molecule has 23 heavy (non-hydrogen) atoms. The Morgan fingerprint density at radius 3 is 3.04 bits per heavy atom. The molecule has 4 heterocycles. The van der Waals surface area contributed by atoms with Gasteiger partial charge in [0, 0.05) is 19.6 Å². The molecule has 4 rings (SSSR count). The average Bonchev–Trinajstić information content (AvgIpc) is 2.97. The highest BCUT2D eigenvalue weighted by molar-refractivity contribution is 5.46. The normalized spacial score (nSPS) is 28.6. The quantitative estimate of drug-likeness (QED) is 0.835. The molecule has 7 heteroatoms. The summed E-state index contributed by atoms with van der Waals surface area (Å²) in [4.78, 5) is 2.31. The molecule has 124 valence electrons. The van der Waals surface area contributed by atoms with Crippen LogP contribution in [-0.4, -0.2) is 57.8 Å². The van der Waals surface area contributed by atoms with E-state index in [-0.39, 0.29) is 11.7 Å². The van der Waals surface area contributed by atoms with Gasteiger partial charge in [-0.2, -0.15) is 4.52 Å². The van der Waals surface area contributed by atoms with Crippen molar-refractivity contribution in [2.45, 2.75) is 44.8 Å². The fourth-order valence-electron chi connectivity index (χ4n) is 3.66. The second-order valence-corrected chi connectivity index (χ2v) is 6.58. The Kier molecular flexibility index (Phi) is 3.69. The molecule has 2 aliphatic rings. The van der Waals surface area contributed by atoms with Crippen molar-refractivity contribution in [3.8, 4) is 0 Å². The van der Waals surface area contributed by atoms with Gasteiger partial charge >= 0.3 is 0 Å². The van der Waals surface area contributed by atoms with Gasteiger partial charge < -0.3 is 14.4 Å². The maximum atomic E-state index is 6.26. The summed E-state index contributed by atoms with van der Waals surface area (Å²) in [6, 6.07) is 4.01. The summed E-state index contributed by atoms with van der Waals surface area (Å²) in [6.45, 7) is 7.35. The second-order valence-electron chi connectivity index (χ2n) is 6.58. The standard InChI is InChI=1S/C16H23N5O2/c1-3-13-17-18-14-5-6-15(19-21(13)14)20-9-12(2)23-16(10-20)7-4-8-22-11-16/h5-6,12H,3-4,7-11H2,1-2H3/t12-,16-/m1/s1. The van der Waals surface area contributed by atoms with Gasteiger partial charge in [-0.3, -0.25) is 0 Å². The van der Waals surface area contributed by atoms with E-state index < -0.39 is 0 Å². The first kappa shape index (κ1) is 14.8. The molecule has 0 N–H and O–H groups in total. The zero-order valence-electron chi connectivity index (χ0n) is 13.7. The Bertz CT molecular complexity index is 695. The summed E-state index contributed by atoms with van der Waals surface area (Å²) >= 11 is 0. The fraction of sp³-hybridized carbons (Fsp3) is 0.688. The van der Waals surface area contributed by atoms with Gasteiger partial charge in [0.25, 0.3) is 0 Å². The van der Waals surface area contributed by atoms with Crippen LogP contribution in [0.15, 0.2) is 12.1 Å². The third-order valence-electron chi connectivity index (χ3n) is 4.65. The molecule has 0 radical (unpaired) electrons. The fourth-order valence-corrected chi connectivity index (χ4v) is 3.66. The Labute approximate surface area is 135 Å². The first-order valence-corrected chi connectivity index (χ1v) is 8.41. The van der Waals surface area contributed by atoms with Crippen LogP contribution in [0.2, 0.25) is 0 Å². The van der Waals surface area contributed by atoms with Gasteiger partial charge in [-0.05, 0) is 31.9 Å². The van der Waals surface area contributed by atoms with Gasteiger partial charge in [0.1, 0.15) is 11.4 Å². The lowest BCUT2D eigenvalue weighted by Crippen LogP contribution is -2.59. The number of fused-ring (bicyclic) bond motifs is 1. The van der Waals surface area contributed by atoms with Crippen molar-refractivity contribution >= 4 is 11.5 Å². The minimum Gasteiger partial charge on any atom is -0.378 e. The third-order valence-corrected chi connectivity index (χ3v) is 4.65. The van der Waals surface area contributed by atoms with E-state index in [4.69, 9.17) is 14.6 Å². The van der Waals surface area contributed by atoms with E-state index >= 15 is 0 Å². The van der Waals surface area contributed by atoms with E-state index in [9.17, 15) is 0 Å². The molecule has 0 unspecified atom stereocenters. The molecule has 2 aliphatic heterocycles. The monoisotopic (exact) mass is 317 g/mol. The van der Waals surface area contributed by atoms with Crippen LogP contribution in [0.25, 0.3) is 5.65 Å². The van der Waals surface area contributed by atoms with Gasteiger partial charge in [0.05, 0.1) is 19.3 Å². The molecule has 0 aliphatic carbocycles. The zero-order chi connectivity index (χ0) is 15.9. The predicted molar refractivity (Wildman–Crippen MR) is 85.7 cm³/mol. The van der Waals surface area contributed by atoms with E-state index in [2.05, 4.69) is 28.9 Å². The smallest absolute Gasteiger partial charge is 0.178 e. The van der Waals surface area contributed by atoms with Crippen LogP contribution in [0.1, 0.15) is 32.5 Å². The van der Waals surface area contributed by atoms with E-state index in [1.165, 1.54) is 0 Å². The van der Waals surface area contributed by atoms with Crippen LogP contribution in [0.4, 0.5) is 5.82 Å². The van der Waals surface area contributed by atoms with Crippen LogP contribution < -0.4 is 4.90 Å². The summed E-state index contributed by atoms with van der Waals surface area (Å²) < 4.78 is 13.8. The second kappa shape index (κ2) is 5.72. The Morgan fingerprint density at radius 1 is 1.35 bits per heavy atom. The van der Waals surface area contributed by atoms with Gasteiger partial charge in [-0.1, -0.05) is 6.92 Å². The summed E-state index contributed by atoms with van der Waals surface area (Å²) in [5.41, 5.74) is 0.593. The summed E-state index contributed by atoms with van der Waals surface area (Å²) in [6.07, 6.45) is 3.07. The molecule has 2 saturated heterocycles. The van der Waals surface area contributed by atoms with Crippen molar-refractivity contribution in [1.82, 2.24) is 19.8 Å². The van der Waals surface area contributed by atoms with Gasteiger partial charge in [0.2, 0.25) is 0 Å². The number of aromatic nitrogens is 4. The van der Waals surface area contributed by atoms with E-state index in [1.54, 1.807) is 0 Å². The van der Waals surface area contributed by atoms with E-state index in [1.807, 2.05) is 16.6 Å². The Hall–Kier alpha value is -1.73. The maximum Gasteiger partial charge on any atom is 0.178 e. The molecule has 0 saturated carbocycles. The molecule has 2 aromatic rings. The SMILES string of the molecule is CCc1nnc2ccc(N3C[C@@H](C)O[C@]4(CCCOC4)C3)nn12. The first-order valence-electron chi connectivity index (χ1n) is 8.41. The highest BCUT2D eigenvalue weighted by Gasteiger charge is 2.41. The molecule has 0 amide bonds. The molecule has 0 aromatic carbocycles. The van der Waals surface area contributed by atoms with Gasteiger partial charge in [0.15, 0.2) is 11.5 Å². The van der Waals surface area contributed by atoms with Gasteiger partial charge in [-0.25, -0.2) is 0 Å². The highest BCUT2D eigenvalue weighted by Crippen LogP contribution is 2.31. The van der Waals surface area contributed by atoms with Crippen LogP contribution >= 0.6 is 0 Å². The lowest BCUT2D eigenvalue weighted by molar-refractivity contribution is -0.160. The molecular formula is C16H23N5O2. The van der Waals surface area contributed by atoms with Crippen molar-refractivity contribution in [3.05, 3.63) is 18.0 Å². The molecule has 0 bridgehead atoms. The van der Waals surface area contributed by atoms with Crippen molar-refractivity contribution < 1.29 is 9.47 Å². The third kappa shape index (κ3) is 2.68. The number of rotatable bonds is 2. The molecular weight excluding hydrogens is 294 g/mol. The molecule has 2 atom stereocenters. The number of morpholine rings is 1. The van der Waals surface area contributed by atoms with E-state index in [0.29, 0.717) is 6.61 Å². The van der Waals surface area contributed by atoms with Crippen LogP contribution in [0.5, 0.6) is 0 Å². The average molecular weight is 317 g/mol. The highest BCUT2D eigenvalue weighted by atomic mass is 16.6. The number of hydrogen-bond acceptors (Lipinski definition) is 6. The number of ether oxygens (including phenoxy) is 2. The summed E-state index contributed by atoms with van der Waals surface area (Å²) in [7, 11) is 0. The van der Waals surface area contributed by atoms with Crippen LogP contribution in [-0.2, 0) is 15.9 Å². The number of hydrogen-bond donors (Lipinski definition) is 0. The van der Waals surface area contributed by atoms with Gasteiger partial charge in [-0.15, -0.1) is 15.3 Å².